The van der Waals surface area contributed by atoms with Crippen molar-refractivity contribution in [2.75, 3.05) is 6.54 Å². The molecule has 2 aromatic rings. The van der Waals surface area contributed by atoms with E-state index in [4.69, 9.17) is 5.21 Å². The van der Waals surface area contributed by atoms with Gasteiger partial charge in [0.2, 0.25) is 0 Å². The van der Waals surface area contributed by atoms with Gasteiger partial charge in [-0.15, -0.1) is 0 Å². The van der Waals surface area contributed by atoms with E-state index in [0.717, 1.165) is 4.47 Å². The number of carbonyl (C=O) groups excluding carboxylic acids is 2. The van der Waals surface area contributed by atoms with E-state index in [1.807, 2.05) is 0 Å². The number of nitrogens with zero attached hydrogens (tertiary/aromatic N) is 1. The zero-order valence-electron chi connectivity index (χ0n) is 13.0. The maximum atomic E-state index is 12.1. The summed E-state index contributed by atoms with van der Waals surface area (Å²) in [4.78, 5) is 27.1. The van der Waals surface area contributed by atoms with E-state index in [1.165, 1.54) is 23.8 Å². The van der Waals surface area contributed by atoms with Crippen LogP contribution in [-0.4, -0.2) is 34.8 Å². The molecule has 0 atom stereocenters. The molecule has 2 aromatic carbocycles. The molecule has 0 unspecified atom stereocenters. The number of ketones is 1. The first-order valence-corrected chi connectivity index (χ1v) is 8.02. The minimum absolute atomic E-state index is 0.0236. The normalized spacial score (nSPS) is 11.1. The van der Waals surface area contributed by atoms with E-state index in [2.05, 4.69) is 20.9 Å². The highest BCUT2D eigenvalue weighted by Crippen LogP contribution is 2.20. The fourth-order valence-corrected chi connectivity index (χ4v) is 2.29. The van der Waals surface area contributed by atoms with Gasteiger partial charge in [0, 0.05) is 27.9 Å². The number of benzene rings is 2. The second kappa shape index (κ2) is 8.91. The number of aliphatic imine (C=N–C) groups is 1. The number of phenols is 1. The van der Waals surface area contributed by atoms with E-state index in [1.54, 1.807) is 42.5 Å². The Balaban J connectivity index is 1.99. The number of hydroxylamine groups is 1. The Morgan fingerprint density at radius 3 is 2.56 bits per heavy atom. The molecule has 0 bridgehead atoms. The van der Waals surface area contributed by atoms with Crippen LogP contribution in [0.3, 0.4) is 0 Å². The average Bonchev–Trinajstić information content (AvgIpc) is 2.62. The van der Waals surface area contributed by atoms with Crippen molar-refractivity contribution in [1.82, 2.24) is 5.48 Å². The first-order valence-electron chi connectivity index (χ1n) is 7.23. The Bertz CT molecular complexity index is 829. The molecule has 128 valence electrons. The van der Waals surface area contributed by atoms with E-state index >= 15 is 0 Å². The summed E-state index contributed by atoms with van der Waals surface area (Å²) in [6.45, 7) is -0.0236. The lowest BCUT2D eigenvalue weighted by Crippen LogP contribution is -2.14. The Morgan fingerprint density at radius 2 is 1.88 bits per heavy atom. The fraction of sp³-hybridized carbons (Fsp3) is 0.0556. The first-order chi connectivity index (χ1) is 12.0. The molecule has 0 fully saturated rings. The number of nitrogens with one attached hydrogen (secondary N) is 1. The predicted octanol–water partition coefficient (Wildman–Crippen LogP) is 2.98. The van der Waals surface area contributed by atoms with Crippen LogP contribution >= 0.6 is 15.9 Å². The van der Waals surface area contributed by atoms with Gasteiger partial charge in [0.15, 0.2) is 5.78 Å². The molecule has 0 aliphatic heterocycles. The van der Waals surface area contributed by atoms with Gasteiger partial charge in [-0.2, -0.15) is 0 Å². The van der Waals surface area contributed by atoms with Gasteiger partial charge in [0.25, 0.3) is 5.91 Å². The molecule has 7 heteroatoms. The van der Waals surface area contributed by atoms with Crippen LogP contribution in [0.15, 0.2) is 58.0 Å². The van der Waals surface area contributed by atoms with E-state index < -0.39 is 5.91 Å². The Labute approximate surface area is 152 Å². The summed E-state index contributed by atoms with van der Waals surface area (Å²) in [6, 6.07) is 11.4. The molecule has 6 nitrogen and oxygen atoms in total. The summed E-state index contributed by atoms with van der Waals surface area (Å²) in [7, 11) is 0. The summed E-state index contributed by atoms with van der Waals surface area (Å²) in [5, 5.41) is 17.9. The number of phenolic OH excluding ortho intramolecular Hbond substituents is 1. The Morgan fingerprint density at radius 1 is 1.16 bits per heavy atom. The van der Waals surface area contributed by atoms with Crippen molar-refractivity contribution in [2.24, 2.45) is 4.99 Å². The number of hydrogen-bond donors (Lipinski definition) is 3. The molecular formula is C18H15BrN2O4. The Kier molecular flexibility index (Phi) is 6.62. The quantitative estimate of drug-likeness (QED) is 0.227. The zero-order valence-corrected chi connectivity index (χ0v) is 14.6. The standard InChI is InChI=1S/C18H15BrN2O4/c19-16-7-6-15(22)9-14(16)10-20-11-17(23)13-4-1-12(2-5-13)3-8-18(24)21-25/h1-10,22,25H,11H2,(H,21,24)/b8-3+,20-10?. The average molecular weight is 403 g/mol. The number of carbonyl (C=O) groups is 2. The van der Waals surface area contributed by atoms with Crippen molar-refractivity contribution in [2.45, 2.75) is 0 Å². The lowest BCUT2D eigenvalue weighted by atomic mass is 10.1. The molecule has 3 N–H and O–H groups in total. The second-order valence-electron chi connectivity index (χ2n) is 5.03. The van der Waals surface area contributed by atoms with Crippen molar-refractivity contribution in [3.63, 3.8) is 0 Å². The highest BCUT2D eigenvalue weighted by atomic mass is 79.9. The highest BCUT2D eigenvalue weighted by molar-refractivity contribution is 9.10. The molecule has 0 aromatic heterocycles. The number of aromatic hydroxyl groups is 1. The Hall–Kier alpha value is -2.77. The summed E-state index contributed by atoms with van der Waals surface area (Å²) in [5.74, 6) is -0.668. The van der Waals surface area contributed by atoms with Crippen molar-refractivity contribution < 1.29 is 19.9 Å². The summed E-state index contributed by atoms with van der Waals surface area (Å²) in [6.07, 6.45) is 4.21. The maximum absolute atomic E-state index is 12.1. The fourth-order valence-electron chi connectivity index (χ4n) is 1.94. The molecule has 1 amide bonds. The second-order valence-corrected chi connectivity index (χ2v) is 5.88. The molecule has 0 saturated carbocycles. The molecule has 0 spiro atoms. The molecule has 25 heavy (non-hydrogen) atoms. The molecule has 0 radical (unpaired) electrons. The lowest BCUT2D eigenvalue weighted by Gasteiger charge is -2.01. The van der Waals surface area contributed by atoms with Gasteiger partial charge < -0.3 is 5.11 Å². The number of rotatable bonds is 6. The molecule has 0 aliphatic carbocycles. The third-order valence-corrected chi connectivity index (χ3v) is 3.94. The SMILES string of the molecule is O=C(/C=C/c1ccc(C(=O)CN=Cc2cc(O)ccc2Br)cc1)NO. The van der Waals surface area contributed by atoms with Crippen LogP contribution in [0, 0.1) is 0 Å². The largest absolute Gasteiger partial charge is 0.508 e. The summed E-state index contributed by atoms with van der Waals surface area (Å²) >= 11 is 3.34. The zero-order chi connectivity index (χ0) is 18.2. The minimum atomic E-state index is -0.632. The minimum Gasteiger partial charge on any atom is -0.508 e. The maximum Gasteiger partial charge on any atom is 0.267 e. The van der Waals surface area contributed by atoms with Crippen LogP contribution in [0.25, 0.3) is 6.08 Å². The van der Waals surface area contributed by atoms with Gasteiger partial charge >= 0.3 is 0 Å². The van der Waals surface area contributed by atoms with Gasteiger partial charge in [0.05, 0.1) is 0 Å². The van der Waals surface area contributed by atoms with Crippen LogP contribution in [0.2, 0.25) is 0 Å². The smallest absolute Gasteiger partial charge is 0.267 e. The van der Waals surface area contributed by atoms with Gasteiger partial charge in [-0.1, -0.05) is 40.2 Å². The molecule has 2 rings (SSSR count). The van der Waals surface area contributed by atoms with Gasteiger partial charge in [-0.3, -0.25) is 19.8 Å². The molecule has 0 aliphatic rings. The highest BCUT2D eigenvalue weighted by Gasteiger charge is 2.04. The van der Waals surface area contributed by atoms with Crippen molar-refractivity contribution >= 4 is 39.9 Å². The number of amides is 1. The first kappa shape index (κ1) is 18.6. The summed E-state index contributed by atoms with van der Waals surface area (Å²) < 4.78 is 0.768. The van der Waals surface area contributed by atoms with Crippen molar-refractivity contribution in [3.05, 3.63) is 69.7 Å². The van der Waals surface area contributed by atoms with Crippen molar-refractivity contribution in [3.8, 4) is 5.75 Å². The van der Waals surface area contributed by atoms with Gasteiger partial charge in [-0.25, -0.2) is 5.48 Å². The van der Waals surface area contributed by atoms with E-state index in [9.17, 15) is 14.7 Å². The monoisotopic (exact) mass is 402 g/mol. The molecular weight excluding hydrogens is 388 g/mol. The van der Waals surface area contributed by atoms with Crippen molar-refractivity contribution in [1.29, 1.82) is 0 Å². The summed E-state index contributed by atoms with van der Waals surface area (Å²) in [5.41, 5.74) is 3.38. The predicted molar refractivity (Wildman–Crippen MR) is 98.0 cm³/mol. The topological polar surface area (TPSA) is 99.0 Å². The van der Waals surface area contributed by atoms with E-state index in [0.29, 0.717) is 16.7 Å². The lowest BCUT2D eigenvalue weighted by molar-refractivity contribution is -0.124. The number of halogens is 1. The number of hydrogen-bond acceptors (Lipinski definition) is 5. The van der Waals surface area contributed by atoms with Crippen LogP contribution < -0.4 is 5.48 Å². The van der Waals surface area contributed by atoms with Crippen LogP contribution in [0.1, 0.15) is 21.5 Å². The van der Waals surface area contributed by atoms with Crippen LogP contribution in [0.4, 0.5) is 0 Å². The molecule has 0 heterocycles. The van der Waals surface area contributed by atoms with Gasteiger partial charge in [0.1, 0.15) is 12.3 Å². The van der Waals surface area contributed by atoms with Crippen LogP contribution in [0.5, 0.6) is 5.75 Å². The van der Waals surface area contributed by atoms with E-state index in [-0.39, 0.29) is 18.1 Å². The van der Waals surface area contributed by atoms with Gasteiger partial charge in [-0.05, 0) is 29.8 Å². The molecule has 0 saturated heterocycles. The third-order valence-electron chi connectivity index (χ3n) is 3.21. The van der Waals surface area contributed by atoms with Crippen LogP contribution in [-0.2, 0) is 4.79 Å². The third kappa shape index (κ3) is 5.66. The number of Topliss-reactive ketones (excluding diaryl/α,β-unsaturated/α-hetero) is 1.